The molecule has 2 aromatic rings. The SMILES string of the molecule is Nc1cc(C(F)(F)F)ccc1Oc1ccc(C(=O)O)nc1. The lowest BCUT2D eigenvalue weighted by atomic mass is 10.2. The topological polar surface area (TPSA) is 85.4 Å². The van der Waals surface area contributed by atoms with Gasteiger partial charge < -0.3 is 15.6 Å². The summed E-state index contributed by atoms with van der Waals surface area (Å²) in [4.78, 5) is 14.2. The molecule has 1 heterocycles. The number of nitrogens with zero attached hydrogens (tertiary/aromatic N) is 1. The fourth-order valence-corrected chi connectivity index (χ4v) is 1.51. The molecule has 0 aliphatic heterocycles. The Labute approximate surface area is 116 Å². The molecule has 0 amide bonds. The van der Waals surface area contributed by atoms with Gasteiger partial charge in [0.2, 0.25) is 0 Å². The molecule has 2 rings (SSSR count). The number of nitrogen functional groups attached to an aromatic ring is 1. The highest BCUT2D eigenvalue weighted by Gasteiger charge is 2.31. The van der Waals surface area contributed by atoms with Crippen LogP contribution >= 0.6 is 0 Å². The number of carbonyl (C=O) groups is 1. The molecule has 5 nitrogen and oxygen atoms in total. The van der Waals surface area contributed by atoms with Crippen LogP contribution in [-0.4, -0.2) is 16.1 Å². The fraction of sp³-hybridized carbons (Fsp3) is 0.0769. The highest BCUT2D eigenvalue weighted by molar-refractivity contribution is 5.85. The molecule has 1 aromatic carbocycles. The Morgan fingerprint density at radius 3 is 2.43 bits per heavy atom. The van der Waals surface area contributed by atoms with Crippen LogP contribution in [0.25, 0.3) is 0 Å². The minimum atomic E-state index is -4.49. The monoisotopic (exact) mass is 298 g/mol. The molecule has 0 unspecified atom stereocenters. The number of nitrogens with two attached hydrogens (primary N) is 1. The number of hydrogen-bond acceptors (Lipinski definition) is 4. The van der Waals surface area contributed by atoms with Gasteiger partial charge >= 0.3 is 12.1 Å². The van der Waals surface area contributed by atoms with E-state index >= 15 is 0 Å². The maximum atomic E-state index is 12.5. The number of anilines is 1. The summed E-state index contributed by atoms with van der Waals surface area (Å²) in [5.41, 5.74) is 4.26. The lowest BCUT2D eigenvalue weighted by molar-refractivity contribution is -0.137. The second kappa shape index (κ2) is 5.31. The second-order valence-corrected chi connectivity index (χ2v) is 4.04. The first-order chi connectivity index (χ1) is 9.77. The number of hydrogen-bond donors (Lipinski definition) is 2. The number of aromatic nitrogens is 1. The summed E-state index contributed by atoms with van der Waals surface area (Å²) in [6.07, 6.45) is -3.35. The summed E-state index contributed by atoms with van der Waals surface area (Å²) < 4.78 is 42.7. The summed E-state index contributed by atoms with van der Waals surface area (Å²) in [7, 11) is 0. The van der Waals surface area contributed by atoms with Gasteiger partial charge in [-0.3, -0.25) is 0 Å². The third kappa shape index (κ3) is 3.41. The van der Waals surface area contributed by atoms with E-state index in [1.54, 1.807) is 0 Å². The van der Waals surface area contributed by atoms with Crippen molar-refractivity contribution in [3.05, 3.63) is 47.8 Å². The molecule has 0 saturated heterocycles. The Hall–Kier alpha value is -2.77. The Morgan fingerprint density at radius 1 is 1.24 bits per heavy atom. The number of alkyl halides is 3. The van der Waals surface area contributed by atoms with E-state index in [2.05, 4.69) is 4.98 Å². The van der Waals surface area contributed by atoms with Crippen molar-refractivity contribution in [3.63, 3.8) is 0 Å². The third-order valence-electron chi connectivity index (χ3n) is 2.52. The quantitative estimate of drug-likeness (QED) is 0.850. The number of aromatic carboxylic acids is 1. The van der Waals surface area contributed by atoms with E-state index < -0.39 is 17.7 Å². The molecule has 0 fully saturated rings. The van der Waals surface area contributed by atoms with E-state index in [9.17, 15) is 18.0 Å². The van der Waals surface area contributed by atoms with Crippen molar-refractivity contribution >= 4 is 11.7 Å². The number of halogens is 3. The standard InChI is InChI=1S/C13H9F3N2O3/c14-13(15,16)7-1-4-11(9(17)5-7)21-8-2-3-10(12(19)20)18-6-8/h1-6H,17H2,(H,19,20). The largest absolute Gasteiger partial charge is 0.477 e. The minimum absolute atomic E-state index is 0.0212. The number of benzene rings is 1. The lowest BCUT2D eigenvalue weighted by Gasteiger charge is -2.11. The molecular weight excluding hydrogens is 289 g/mol. The van der Waals surface area contributed by atoms with Gasteiger partial charge in [0.15, 0.2) is 0 Å². The van der Waals surface area contributed by atoms with E-state index in [1.165, 1.54) is 12.1 Å². The van der Waals surface area contributed by atoms with Gasteiger partial charge in [-0.15, -0.1) is 0 Å². The molecule has 0 bridgehead atoms. The van der Waals surface area contributed by atoms with Crippen LogP contribution in [0.4, 0.5) is 18.9 Å². The van der Waals surface area contributed by atoms with Crippen molar-refractivity contribution in [2.24, 2.45) is 0 Å². The van der Waals surface area contributed by atoms with Crippen LogP contribution in [0.1, 0.15) is 16.1 Å². The fourth-order valence-electron chi connectivity index (χ4n) is 1.51. The van der Waals surface area contributed by atoms with Crippen molar-refractivity contribution in [3.8, 4) is 11.5 Å². The predicted molar refractivity (Wildman–Crippen MR) is 67.1 cm³/mol. The van der Waals surface area contributed by atoms with Crippen LogP contribution in [0.3, 0.4) is 0 Å². The van der Waals surface area contributed by atoms with E-state index in [0.717, 1.165) is 24.4 Å². The molecule has 0 atom stereocenters. The second-order valence-electron chi connectivity index (χ2n) is 4.04. The van der Waals surface area contributed by atoms with Crippen molar-refractivity contribution < 1.29 is 27.8 Å². The summed E-state index contributed by atoms with van der Waals surface area (Å²) in [6.45, 7) is 0. The van der Waals surface area contributed by atoms with Gasteiger partial charge in [0.1, 0.15) is 17.2 Å². The van der Waals surface area contributed by atoms with Crippen LogP contribution in [0.2, 0.25) is 0 Å². The zero-order chi connectivity index (χ0) is 15.6. The van der Waals surface area contributed by atoms with Crippen LogP contribution < -0.4 is 10.5 Å². The molecule has 0 aliphatic carbocycles. The molecule has 1 aromatic heterocycles. The van der Waals surface area contributed by atoms with Gasteiger partial charge in [-0.2, -0.15) is 13.2 Å². The maximum Gasteiger partial charge on any atom is 0.416 e. The normalized spacial score (nSPS) is 11.2. The van der Waals surface area contributed by atoms with Crippen molar-refractivity contribution in [1.29, 1.82) is 0 Å². The Morgan fingerprint density at radius 2 is 1.95 bits per heavy atom. The Bertz CT molecular complexity index is 669. The van der Waals surface area contributed by atoms with Gasteiger partial charge in [0, 0.05) is 0 Å². The average molecular weight is 298 g/mol. The Kier molecular flexibility index (Phi) is 3.70. The number of rotatable bonds is 3. The molecule has 0 saturated carbocycles. The molecule has 3 N–H and O–H groups in total. The minimum Gasteiger partial charge on any atom is -0.477 e. The van der Waals surface area contributed by atoms with E-state index in [1.807, 2.05) is 0 Å². The summed E-state index contributed by atoms with van der Waals surface area (Å²) >= 11 is 0. The van der Waals surface area contributed by atoms with Gasteiger partial charge in [-0.05, 0) is 30.3 Å². The number of pyridine rings is 1. The first-order valence-electron chi connectivity index (χ1n) is 5.61. The van der Waals surface area contributed by atoms with Gasteiger partial charge in [0.25, 0.3) is 0 Å². The zero-order valence-electron chi connectivity index (χ0n) is 10.4. The lowest BCUT2D eigenvalue weighted by Crippen LogP contribution is -2.06. The van der Waals surface area contributed by atoms with E-state index in [-0.39, 0.29) is 22.9 Å². The molecular formula is C13H9F3N2O3. The van der Waals surface area contributed by atoms with E-state index in [4.69, 9.17) is 15.6 Å². The maximum absolute atomic E-state index is 12.5. The van der Waals surface area contributed by atoms with Gasteiger partial charge in [-0.1, -0.05) is 0 Å². The van der Waals surface area contributed by atoms with Gasteiger partial charge in [-0.25, -0.2) is 9.78 Å². The predicted octanol–water partition coefficient (Wildman–Crippen LogP) is 3.17. The highest BCUT2D eigenvalue weighted by Crippen LogP contribution is 2.35. The molecule has 0 aliphatic rings. The molecule has 8 heteroatoms. The van der Waals surface area contributed by atoms with Crippen LogP contribution in [-0.2, 0) is 6.18 Å². The highest BCUT2D eigenvalue weighted by atomic mass is 19.4. The molecule has 21 heavy (non-hydrogen) atoms. The smallest absolute Gasteiger partial charge is 0.416 e. The first kappa shape index (κ1) is 14.6. The number of carboxylic acids is 1. The van der Waals surface area contributed by atoms with Crippen LogP contribution in [0, 0.1) is 0 Å². The molecule has 0 radical (unpaired) electrons. The molecule has 0 spiro atoms. The summed E-state index contributed by atoms with van der Waals surface area (Å²) in [6, 6.07) is 5.22. The van der Waals surface area contributed by atoms with Gasteiger partial charge in [0.05, 0.1) is 17.4 Å². The number of carboxylic acid groups (broad SMARTS) is 1. The summed E-state index contributed by atoms with van der Waals surface area (Å²) in [5, 5.41) is 8.69. The number of ether oxygens (including phenoxy) is 1. The summed E-state index contributed by atoms with van der Waals surface area (Å²) in [5.74, 6) is -1.02. The zero-order valence-corrected chi connectivity index (χ0v) is 10.4. The Balaban J connectivity index is 2.22. The van der Waals surface area contributed by atoms with Crippen molar-refractivity contribution in [1.82, 2.24) is 4.98 Å². The van der Waals surface area contributed by atoms with Crippen LogP contribution in [0.15, 0.2) is 36.5 Å². The van der Waals surface area contributed by atoms with E-state index in [0.29, 0.717) is 0 Å². The van der Waals surface area contributed by atoms with Crippen LogP contribution in [0.5, 0.6) is 11.5 Å². The van der Waals surface area contributed by atoms with Crippen molar-refractivity contribution in [2.45, 2.75) is 6.18 Å². The van der Waals surface area contributed by atoms with Crippen molar-refractivity contribution in [2.75, 3.05) is 5.73 Å². The average Bonchev–Trinajstić information content (AvgIpc) is 2.40. The first-order valence-corrected chi connectivity index (χ1v) is 5.61. The molecule has 110 valence electrons. The third-order valence-corrected chi connectivity index (χ3v) is 2.52.